The molecule has 0 radical (unpaired) electrons. The quantitative estimate of drug-likeness (QED) is 0.709. The van der Waals surface area contributed by atoms with Gasteiger partial charge in [-0.15, -0.1) is 0 Å². The number of hydrogen-bond acceptors (Lipinski definition) is 3. The first-order valence-corrected chi connectivity index (χ1v) is 6.85. The topological polar surface area (TPSA) is 50.4 Å². The molecular weight excluding hydrogens is 240 g/mol. The Morgan fingerprint density at radius 3 is 2.53 bits per heavy atom. The number of carbonyl (C=O) groups is 1. The van der Waals surface area contributed by atoms with Gasteiger partial charge in [0.15, 0.2) is 0 Å². The third-order valence-electron chi connectivity index (χ3n) is 2.68. The van der Waals surface area contributed by atoms with E-state index in [0.29, 0.717) is 6.61 Å². The second-order valence-electron chi connectivity index (χ2n) is 4.90. The normalized spacial score (nSPS) is 12.4. The Morgan fingerprint density at radius 1 is 1.26 bits per heavy atom. The second kappa shape index (κ2) is 8.67. The van der Waals surface area contributed by atoms with Crippen molar-refractivity contribution in [3.63, 3.8) is 0 Å². The zero-order valence-electron chi connectivity index (χ0n) is 12.0. The summed E-state index contributed by atoms with van der Waals surface area (Å²) >= 11 is 0. The van der Waals surface area contributed by atoms with Crippen molar-refractivity contribution in [3.8, 4) is 0 Å². The van der Waals surface area contributed by atoms with E-state index in [4.69, 9.17) is 4.84 Å². The summed E-state index contributed by atoms with van der Waals surface area (Å²) < 4.78 is 0. The van der Waals surface area contributed by atoms with E-state index in [1.807, 2.05) is 44.2 Å². The van der Waals surface area contributed by atoms with E-state index in [1.165, 1.54) is 0 Å². The van der Waals surface area contributed by atoms with Gasteiger partial charge in [-0.3, -0.25) is 9.63 Å². The monoisotopic (exact) mass is 264 g/mol. The lowest BCUT2D eigenvalue weighted by Gasteiger charge is -2.19. The van der Waals surface area contributed by atoms with Crippen molar-refractivity contribution >= 4 is 5.91 Å². The Balaban J connectivity index is 2.35. The molecule has 4 heteroatoms. The molecule has 0 fully saturated rings. The van der Waals surface area contributed by atoms with E-state index in [2.05, 4.69) is 17.7 Å². The highest BCUT2D eigenvalue weighted by atomic mass is 16.6. The smallest absolute Gasteiger partial charge is 0.260 e. The van der Waals surface area contributed by atoms with Crippen LogP contribution in [0, 0.1) is 0 Å². The van der Waals surface area contributed by atoms with Crippen LogP contribution >= 0.6 is 0 Å². The van der Waals surface area contributed by atoms with Gasteiger partial charge in [-0.05, 0) is 12.0 Å². The maximum Gasteiger partial charge on any atom is 0.260 e. The summed E-state index contributed by atoms with van der Waals surface area (Å²) in [5.41, 5.74) is 3.55. The highest BCUT2D eigenvalue weighted by Crippen LogP contribution is 2.01. The van der Waals surface area contributed by atoms with E-state index in [-0.39, 0.29) is 18.0 Å². The molecule has 0 saturated heterocycles. The molecule has 0 bridgehead atoms. The average molecular weight is 264 g/mol. The molecule has 4 nitrogen and oxygen atoms in total. The summed E-state index contributed by atoms with van der Waals surface area (Å²) in [5.74, 6) is -0.105. The molecule has 1 amide bonds. The molecule has 1 aromatic carbocycles. The molecular formula is C15H24N2O2. The lowest BCUT2D eigenvalue weighted by atomic mass is 10.1. The summed E-state index contributed by atoms with van der Waals surface area (Å²) in [6.45, 7) is 6.50. The van der Waals surface area contributed by atoms with Crippen LogP contribution in [0.15, 0.2) is 30.3 Å². The van der Waals surface area contributed by atoms with Gasteiger partial charge in [0, 0.05) is 6.04 Å². The third kappa shape index (κ3) is 6.36. The van der Waals surface area contributed by atoms with Crippen molar-refractivity contribution in [3.05, 3.63) is 35.9 Å². The van der Waals surface area contributed by atoms with E-state index in [9.17, 15) is 4.79 Å². The molecule has 1 atom stereocenters. The molecule has 0 saturated carbocycles. The number of nitrogens with one attached hydrogen (secondary N) is 2. The number of benzene rings is 1. The molecule has 0 aromatic heterocycles. The molecule has 106 valence electrons. The van der Waals surface area contributed by atoms with Crippen molar-refractivity contribution in [2.24, 2.45) is 0 Å². The van der Waals surface area contributed by atoms with E-state index in [0.717, 1.165) is 18.4 Å². The van der Waals surface area contributed by atoms with Crippen LogP contribution in [-0.4, -0.2) is 18.0 Å². The van der Waals surface area contributed by atoms with Gasteiger partial charge in [-0.2, -0.15) is 0 Å². The minimum atomic E-state index is -0.194. The molecule has 0 heterocycles. The van der Waals surface area contributed by atoms with Gasteiger partial charge in [0.2, 0.25) is 0 Å². The fourth-order valence-electron chi connectivity index (χ4n) is 1.82. The summed E-state index contributed by atoms with van der Waals surface area (Å²) in [5, 5.41) is 3.24. The highest BCUT2D eigenvalue weighted by molar-refractivity contribution is 5.80. The molecule has 0 spiro atoms. The predicted octanol–water partition coefficient (Wildman–Crippen LogP) is 2.40. The average Bonchev–Trinajstić information content (AvgIpc) is 2.39. The Labute approximate surface area is 115 Å². The molecule has 19 heavy (non-hydrogen) atoms. The largest absolute Gasteiger partial charge is 0.304 e. The van der Waals surface area contributed by atoms with Gasteiger partial charge in [-0.25, -0.2) is 5.48 Å². The van der Waals surface area contributed by atoms with Gasteiger partial charge in [0.25, 0.3) is 5.91 Å². The van der Waals surface area contributed by atoms with Crippen LogP contribution in [0.1, 0.15) is 39.2 Å². The molecule has 0 aliphatic carbocycles. The van der Waals surface area contributed by atoms with Crippen molar-refractivity contribution in [1.29, 1.82) is 0 Å². The van der Waals surface area contributed by atoms with E-state index < -0.39 is 0 Å². The molecule has 0 aliphatic rings. The van der Waals surface area contributed by atoms with Gasteiger partial charge >= 0.3 is 0 Å². The van der Waals surface area contributed by atoms with Crippen LogP contribution < -0.4 is 10.8 Å². The molecule has 1 unspecified atom stereocenters. The maximum atomic E-state index is 12.0. The maximum absolute atomic E-state index is 12.0. The van der Waals surface area contributed by atoms with Gasteiger partial charge in [-0.1, -0.05) is 57.5 Å². The number of carbonyl (C=O) groups excluding carboxylic acids is 1. The lowest BCUT2D eigenvalue weighted by molar-refractivity contribution is -0.137. The standard InChI is InChI=1S/C15H24N2O2/c1-4-8-14(16-12(2)3)15(18)17-19-11-13-9-6-5-7-10-13/h5-7,9-10,12,14,16H,4,8,11H2,1-3H3,(H,17,18). The van der Waals surface area contributed by atoms with Crippen molar-refractivity contribution in [1.82, 2.24) is 10.8 Å². The predicted molar refractivity (Wildman–Crippen MR) is 76.3 cm³/mol. The van der Waals surface area contributed by atoms with E-state index >= 15 is 0 Å². The molecule has 0 aliphatic heterocycles. The third-order valence-corrected chi connectivity index (χ3v) is 2.68. The first-order valence-electron chi connectivity index (χ1n) is 6.85. The lowest BCUT2D eigenvalue weighted by Crippen LogP contribution is -2.46. The second-order valence-corrected chi connectivity index (χ2v) is 4.90. The van der Waals surface area contributed by atoms with Crippen LogP contribution in [0.25, 0.3) is 0 Å². The van der Waals surface area contributed by atoms with Crippen molar-refractivity contribution in [2.75, 3.05) is 0 Å². The Kier molecular flexibility index (Phi) is 7.15. The summed E-state index contributed by atoms with van der Waals surface area (Å²) in [4.78, 5) is 17.2. The summed E-state index contributed by atoms with van der Waals surface area (Å²) in [6.07, 6.45) is 1.76. The zero-order valence-corrected chi connectivity index (χ0v) is 12.0. The SMILES string of the molecule is CCCC(NC(C)C)C(=O)NOCc1ccccc1. The first kappa shape index (κ1) is 15.7. The van der Waals surface area contributed by atoms with Crippen molar-refractivity contribution < 1.29 is 9.63 Å². The molecule has 1 rings (SSSR count). The minimum Gasteiger partial charge on any atom is -0.304 e. The van der Waals surface area contributed by atoms with Crippen LogP contribution in [0.5, 0.6) is 0 Å². The van der Waals surface area contributed by atoms with Crippen LogP contribution in [0.4, 0.5) is 0 Å². The zero-order chi connectivity index (χ0) is 14.1. The number of hydroxylamine groups is 1. The van der Waals surface area contributed by atoms with Gasteiger partial charge < -0.3 is 5.32 Å². The van der Waals surface area contributed by atoms with Crippen LogP contribution in [0.2, 0.25) is 0 Å². The number of amides is 1. The summed E-state index contributed by atoms with van der Waals surface area (Å²) in [7, 11) is 0. The minimum absolute atomic E-state index is 0.105. The van der Waals surface area contributed by atoms with Gasteiger partial charge in [0.1, 0.15) is 0 Å². The van der Waals surface area contributed by atoms with E-state index in [1.54, 1.807) is 0 Å². The molecule has 1 aromatic rings. The summed E-state index contributed by atoms with van der Waals surface area (Å²) in [6, 6.07) is 9.84. The fourth-order valence-corrected chi connectivity index (χ4v) is 1.82. The number of rotatable bonds is 8. The van der Waals surface area contributed by atoms with Crippen LogP contribution in [0.3, 0.4) is 0 Å². The molecule has 2 N–H and O–H groups in total. The fraction of sp³-hybridized carbons (Fsp3) is 0.533. The van der Waals surface area contributed by atoms with Crippen LogP contribution in [-0.2, 0) is 16.2 Å². The van der Waals surface area contributed by atoms with Gasteiger partial charge in [0.05, 0.1) is 12.6 Å². The first-order chi connectivity index (χ1) is 9.13. The van der Waals surface area contributed by atoms with Crippen molar-refractivity contribution in [2.45, 2.75) is 52.3 Å². The highest BCUT2D eigenvalue weighted by Gasteiger charge is 2.17. The Bertz CT molecular complexity index is 366. The number of hydrogen-bond donors (Lipinski definition) is 2. The Hall–Kier alpha value is -1.39. The Morgan fingerprint density at radius 2 is 1.95 bits per heavy atom.